The molecule has 6 nitrogen and oxygen atoms in total. The molecule has 1 aliphatic carbocycles. The maximum Gasteiger partial charge on any atom is 0.231 e. The van der Waals surface area contributed by atoms with Gasteiger partial charge < -0.3 is 4.90 Å². The van der Waals surface area contributed by atoms with Crippen molar-refractivity contribution in [1.29, 1.82) is 0 Å². The van der Waals surface area contributed by atoms with Crippen molar-refractivity contribution in [3.05, 3.63) is 54.0 Å². The number of nitrogens with one attached hydrogen (secondary N) is 1. The number of hydrogen-bond acceptors (Lipinski definition) is 6. The van der Waals surface area contributed by atoms with Crippen molar-refractivity contribution < 1.29 is 0 Å². The lowest BCUT2D eigenvalue weighted by Crippen LogP contribution is -2.32. The highest BCUT2D eigenvalue weighted by Crippen LogP contribution is 2.29. The van der Waals surface area contributed by atoms with E-state index in [2.05, 4.69) is 42.3 Å². The van der Waals surface area contributed by atoms with Crippen LogP contribution in [0.1, 0.15) is 19.3 Å². The molecule has 23 heavy (non-hydrogen) atoms. The van der Waals surface area contributed by atoms with Crippen LogP contribution in [0.2, 0.25) is 0 Å². The van der Waals surface area contributed by atoms with E-state index < -0.39 is 0 Å². The van der Waals surface area contributed by atoms with Crippen LogP contribution in [0.4, 0.5) is 17.7 Å². The molecule has 0 amide bonds. The fraction of sp³-hybridized carbons (Fsp3) is 0.294. The summed E-state index contributed by atoms with van der Waals surface area (Å²) in [5, 5.41) is 3.04. The minimum Gasteiger partial charge on any atom is -0.352 e. The second-order valence-electron chi connectivity index (χ2n) is 5.68. The molecule has 4 rings (SSSR count). The van der Waals surface area contributed by atoms with E-state index in [4.69, 9.17) is 0 Å². The third-order valence-corrected chi connectivity index (χ3v) is 4.18. The molecule has 0 aromatic carbocycles. The molecule has 2 aromatic heterocycles. The minimum absolute atomic E-state index is 0.503. The molecule has 0 saturated heterocycles. The van der Waals surface area contributed by atoms with Gasteiger partial charge in [-0.25, -0.2) is 15.0 Å². The van der Waals surface area contributed by atoms with E-state index in [1.807, 2.05) is 6.07 Å². The molecular formula is C17H18N6. The summed E-state index contributed by atoms with van der Waals surface area (Å²) < 4.78 is 0. The van der Waals surface area contributed by atoms with Crippen molar-refractivity contribution >= 4 is 17.7 Å². The zero-order valence-corrected chi connectivity index (χ0v) is 12.8. The molecule has 0 fully saturated rings. The quantitative estimate of drug-likeness (QED) is 0.940. The lowest BCUT2D eigenvalue weighted by Gasteiger charge is -2.32. The summed E-state index contributed by atoms with van der Waals surface area (Å²) >= 11 is 0. The number of rotatable bonds is 3. The maximum atomic E-state index is 4.61. The third-order valence-electron chi connectivity index (χ3n) is 4.18. The molecule has 6 heteroatoms. The molecule has 0 spiro atoms. The molecule has 0 unspecified atom stereocenters. The van der Waals surface area contributed by atoms with Gasteiger partial charge in [0.25, 0.3) is 0 Å². The standard InChI is InChI=1S/C17H18N6/c1-2-5-14-12-23(11-7-13(14)4-1)15-6-10-20-17(21-15)22-16-18-8-3-9-19-16/h2-3,5-6,8-10H,1,4,7,11-12H2,(H,18,19,20,21,22). The number of anilines is 3. The Bertz CT molecular complexity index is 753. The van der Waals surface area contributed by atoms with Crippen LogP contribution < -0.4 is 10.2 Å². The zero-order valence-electron chi connectivity index (χ0n) is 12.8. The van der Waals surface area contributed by atoms with Crippen LogP contribution in [0.25, 0.3) is 0 Å². The predicted octanol–water partition coefficient (Wildman–Crippen LogP) is 2.87. The maximum absolute atomic E-state index is 4.61. The average molecular weight is 306 g/mol. The first-order valence-electron chi connectivity index (χ1n) is 7.88. The molecule has 1 N–H and O–H groups in total. The van der Waals surface area contributed by atoms with Crippen molar-refractivity contribution in [3.63, 3.8) is 0 Å². The van der Waals surface area contributed by atoms with Gasteiger partial charge in [0.15, 0.2) is 0 Å². The lowest BCUT2D eigenvalue weighted by molar-refractivity contribution is 0.714. The highest BCUT2D eigenvalue weighted by atomic mass is 15.2. The third kappa shape index (κ3) is 3.06. The summed E-state index contributed by atoms with van der Waals surface area (Å²) in [7, 11) is 0. The van der Waals surface area contributed by atoms with Crippen LogP contribution in [-0.4, -0.2) is 33.0 Å². The van der Waals surface area contributed by atoms with E-state index in [-0.39, 0.29) is 0 Å². The molecule has 0 atom stereocenters. The SMILES string of the molecule is C1=CC2=C(CC1)CCN(c1ccnc(Nc3ncccn3)n1)C2. The van der Waals surface area contributed by atoms with E-state index in [9.17, 15) is 0 Å². The summed E-state index contributed by atoms with van der Waals surface area (Å²) in [6.45, 7) is 1.93. The van der Waals surface area contributed by atoms with E-state index in [0.717, 1.165) is 25.3 Å². The lowest BCUT2D eigenvalue weighted by atomic mass is 9.92. The van der Waals surface area contributed by atoms with Crippen molar-refractivity contribution in [2.24, 2.45) is 0 Å². The molecule has 2 aromatic rings. The Hall–Kier alpha value is -2.76. The summed E-state index contributed by atoms with van der Waals surface area (Å²) in [5.74, 6) is 1.96. The molecule has 3 heterocycles. The van der Waals surface area contributed by atoms with E-state index in [1.165, 1.54) is 18.4 Å². The fourth-order valence-electron chi connectivity index (χ4n) is 3.01. The van der Waals surface area contributed by atoms with E-state index >= 15 is 0 Å². The monoisotopic (exact) mass is 306 g/mol. The topological polar surface area (TPSA) is 66.8 Å². The van der Waals surface area contributed by atoms with Gasteiger partial charge >= 0.3 is 0 Å². The Kier molecular flexibility index (Phi) is 3.71. The Morgan fingerprint density at radius 3 is 2.78 bits per heavy atom. The summed E-state index contributed by atoms with van der Waals surface area (Å²) in [6, 6.07) is 3.73. The Morgan fingerprint density at radius 1 is 1.00 bits per heavy atom. The highest BCUT2D eigenvalue weighted by molar-refractivity contribution is 5.51. The van der Waals surface area contributed by atoms with Crippen LogP contribution in [0.5, 0.6) is 0 Å². The van der Waals surface area contributed by atoms with Crippen molar-refractivity contribution in [1.82, 2.24) is 19.9 Å². The average Bonchev–Trinajstić information content (AvgIpc) is 2.62. The van der Waals surface area contributed by atoms with Crippen LogP contribution in [0, 0.1) is 0 Å². The van der Waals surface area contributed by atoms with Crippen LogP contribution in [0.3, 0.4) is 0 Å². The number of aromatic nitrogens is 4. The van der Waals surface area contributed by atoms with Gasteiger partial charge in [0.05, 0.1) is 0 Å². The molecule has 116 valence electrons. The molecule has 2 aliphatic rings. The van der Waals surface area contributed by atoms with Crippen molar-refractivity contribution in [3.8, 4) is 0 Å². The van der Waals surface area contributed by atoms with Gasteiger partial charge in [0.1, 0.15) is 5.82 Å². The van der Waals surface area contributed by atoms with Gasteiger partial charge in [-0.3, -0.25) is 5.32 Å². The Balaban J connectivity index is 1.53. The second-order valence-corrected chi connectivity index (χ2v) is 5.68. The smallest absolute Gasteiger partial charge is 0.231 e. The van der Waals surface area contributed by atoms with Crippen molar-refractivity contribution in [2.75, 3.05) is 23.3 Å². The van der Waals surface area contributed by atoms with Gasteiger partial charge in [-0.2, -0.15) is 4.98 Å². The predicted molar refractivity (Wildman–Crippen MR) is 89.6 cm³/mol. The first kappa shape index (κ1) is 13.9. The number of nitrogens with zero attached hydrogens (tertiary/aromatic N) is 5. The second kappa shape index (κ2) is 6.16. The first-order valence-corrected chi connectivity index (χ1v) is 7.88. The van der Waals surface area contributed by atoms with Crippen LogP contribution in [0.15, 0.2) is 54.0 Å². The first-order chi connectivity index (χ1) is 11.4. The number of allylic oxidation sites excluding steroid dienone is 1. The molecule has 1 aliphatic heterocycles. The highest BCUT2D eigenvalue weighted by Gasteiger charge is 2.20. The van der Waals surface area contributed by atoms with Gasteiger partial charge in [0.2, 0.25) is 11.9 Å². The van der Waals surface area contributed by atoms with Crippen molar-refractivity contribution in [2.45, 2.75) is 19.3 Å². The summed E-state index contributed by atoms with van der Waals surface area (Å²) in [4.78, 5) is 19.4. The normalized spacial score (nSPS) is 17.1. The largest absolute Gasteiger partial charge is 0.352 e. The summed E-state index contributed by atoms with van der Waals surface area (Å²) in [5.41, 5.74) is 3.05. The molecule has 0 radical (unpaired) electrons. The van der Waals surface area contributed by atoms with Gasteiger partial charge in [-0.15, -0.1) is 0 Å². The molecule has 0 bridgehead atoms. The van der Waals surface area contributed by atoms with E-state index in [0.29, 0.717) is 11.9 Å². The zero-order chi connectivity index (χ0) is 15.5. The van der Waals surface area contributed by atoms with E-state index in [1.54, 1.807) is 30.2 Å². The molecule has 0 saturated carbocycles. The van der Waals surface area contributed by atoms with Crippen LogP contribution in [-0.2, 0) is 0 Å². The Labute approximate surface area is 135 Å². The van der Waals surface area contributed by atoms with Gasteiger partial charge in [-0.05, 0) is 37.0 Å². The van der Waals surface area contributed by atoms with Crippen LogP contribution >= 0.6 is 0 Å². The summed E-state index contributed by atoms with van der Waals surface area (Å²) in [6.07, 6.45) is 13.2. The fourth-order valence-corrected chi connectivity index (χ4v) is 3.01. The van der Waals surface area contributed by atoms with Gasteiger partial charge in [0, 0.05) is 31.7 Å². The molecular weight excluding hydrogens is 288 g/mol. The Morgan fingerprint density at radius 2 is 1.87 bits per heavy atom. The minimum atomic E-state index is 0.503. The number of hydrogen-bond donors (Lipinski definition) is 1. The van der Waals surface area contributed by atoms with Gasteiger partial charge in [-0.1, -0.05) is 17.7 Å².